The minimum Gasteiger partial charge on any atom is -0.341 e. The lowest BCUT2D eigenvalue weighted by Crippen LogP contribution is -2.16. The van der Waals surface area contributed by atoms with Crippen LogP contribution in [0.4, 0.5) is 11.4 Å². The molecule has 2 N–H and O–H groups in total. The minimum absolute atomic E-state index is 0.168. The molecule has 0 saturated carbocycles. The van der Waals surface area contributed by atoms with E-state index in [2.05, 4.69) is 33.7 Å². The first-order valence-electron chi connectivity index (χ1n) is 11.8. The van der Waals surface area contributed by atoms with Gasteiger partial charge in [0.2, 0.25) is 0 Å². The van der Waals surface area contributed by atoms with Gasteiger partial charge in [0, 0.05) is 39.6 Å². The fourth-order valence-corrected chi connectivity index (χ4v) is 5.59. The molecule has 0 fully saturated rings. The van der Waals surface area contributed by atoms with E-state index in [1.165, 1.54) is 0 Å². The number of nitrogens with zero attached hydrogens (tertiary/aromatic N) is 1. The van der Waals surface area contributed by atoms with Gasteiger partial charge in [0.15, 0.2) is 0 Å². The summed E-state index contributed by atoms with van der Waals surface area (Å²) in [6, 6.07) is 25.7. The predicted molar refractivity (Wildman–Crippen MR) is 146 cm³/mol. The Morgan fingerprint density at radius 2 is 1.56 bits per heavy atom. The Balaban J connectivity index is 1.43. The minimum atomic E-state index is -3.78. The number of aromatic nitrogens is 1. The quantitative estimate of drug-likeness (QED) is 0.282. The number of benzene rings is 4. The molecule has 0 spiro atoms. The Kier molecular flexibility index (Phi) is 6.02. The largest absolute Gasteiger partial charge is 0.341 e. The summed E-state index contributed by atoms with van der Waals surface area (Å²) in [4.78, 5) is 13.3. The first kappa shape index (κ1) is 23.6. The molecule has 5 aromatic rings. The number of carbonyl (C=O) groups is 1. The molecule has 182 valence electrons. The van der Waals surface area contributed by atoms with Gasteiger partial charge in [-0.25, -0.2) is 8.42 Å². The zero-order valence-electron chi connectivity index (χ0n) is 20.4. The molecule has 4 aromatic carbocycles. The molecule has 7 heteroatoms. The predicted octanol–water partition coefficient (Wildman–Crippen LogP) is 6.48. The van der Waals surface area contributed by atoms with E-state index in [1.807, 2.05) is 37.3 Å². The summed E-state index contributed by atoms with van der Waals surface area (Å²) in [6.07, 6.45) is 0. The summed E-state index contributed by atoms with van der Waals surface area (Å²) in [7, 11) is -3.78. The SMILES string of the molecule is CCn1c2ccccc2c2cc(NC(=O)c3ccc(C)c(NS(=O)(=O)c4ccc(C)cc4)c3)ccc21. The summed E-state index contributed by atoms with van der Waals surface area (Å²) < 4.78 is 30.6. The van der Waals surface area contributed by atoms with Crippen molar-refractivity contribution < 1.29 is 13.2 Å². The van der Waals surface area contributed by atoms with Gasteiger partial charge in [-0.2, -0.15) is 0 Å². The maximum Gasteiger partial charge on any atom is 0.261 e. The Hall–Kier alpha value is -4.10. The summed E-state index contributed by atoms with van der Waals surface area (Å²) in [5, 5.41) is 5.17. The van der Waals surface area contributed by atoms with Crippen LogP contribution in [0.1, 0.15) is 28.4 Å². The highest BCUT2D eigenvalue weighted by Crippen LogP contribution is 2.31. The van der Waals surface area contributed by atoms with Crippen molar-refractivity contribution in [2.45, 2.75) is 32.2 Å². The number of sulfonamides is 1. The number of fused-ring (bicyclic) bond motifs is 3. The van der Waals surface area contributed by atoms with Crippen molar-refractivity contribution in [1.29, 1.82) is 0 Å². The average Bonchev–Trinajstić information content (AvgIpc) is 3.18. The van der Waals surface area contributed by atoms with Crippen LogP contribution in [0.3, 0.4) is 0 Å². The van der Waals surface area contributed by atoms with Crippen LogP contribution in [0.2, 0.25) is 0 Å². The maximum atomic E-state index is 13.1. The summed E-state index contributed by atoms with van der Waals surface area (Å²) in [5.41, 5.74) is 5.36. The molecule has 1 heterocycles. The van der Waals surface area contributed by atoms with Gasteiger partial charge in [-0.1, -0.05) is 42.0 Å². The van der Waals surface area contributed by atoms with E-state index in [1.54, 1.807) is 49.4 Å². The number of aryl methyl sites for hydroxylation is 3. The smallest absolute Gasteiger partial charge is 0.261 e. The lowest BCUT2D eigenvalue weighted by Gasteiger charge is -2.13. The third-order valence-electron chi connectivity index (χ3n) is 6.42. The molecular weight excluding hydrogens is 470 g/mol. The Bertz CT molecular complexity index is 1720. The van der Waals surface area contributed by atoms with Crippen molar-refractivity contribution in [1.82, 2.24) is 4.57 Å². The number of hydrogen-bond donors (Lipinski definition) is 2. The molecule has 0 radical (unpaired) electrons. The summed E-state index contributed by atoms with van der Waals surface area (Å²) >= 11 is 0. The highest BCUT2D eigenvalue weighted by molar-refractivity contribution is 7.92. The molecule has 0 bridgehead atoms. The molecule has 0 aliphatic rings. The molecule has 1 aromatic heterocycles. The highest BCUT2D eigenvalue weighted by Gasteiger charge is 2.17. The van der Waals surface area contributed by atoms with E-state index >= 15 is 0 Å². The van der Waals surface area contributed by atoms with Crippen molar-refractivity contribution in [3.8, 4) is 0 Å². The lowest BCUT2D eigenvalue weighted by atomic mass is 10.1. The third-order valence-corrected chi connectivity index (χ3v) is 7.80. The van der Waals surface area contributed by atoms with Crippen LogP contribution in [-0.2, 0) is 16.6 Å². The Morgan fingerprint density at radius 1 is 0.833 bits per heavy atom. The fourth-order valence-electron chi connectivity index (χ4n) is 4.47. The van der Waals surface area contributed by atoms with E-state index in [-0.39, 0.29) is 10.8 Å². The number of para-hydroxylation sites is 1. The van der Waals surface area contributed by atoms with Gasteiger partial charge in [-0.3, -0.25) is 9.52 Å². The van der Waals surface area contributed by atoms with Gasteiger partial charge in [-0.15, -0.1) is 0 Å². The first-order chi connectivity index (χ1) is 17.3. The zero-order chi connectivity index (χ0) is 25.4. The molecule has 36 heavy (non-hydrogen) atoms. The van der Waals surface area contributed by atoms with Crippen LogP contribution < -0.4 is 10.0 Å². The van der Waals surface area contributed by atoms with Crippen molar-refractivity contribution in [2.24, 2.45) is 0 Å². The van der Waals surface area contributed by atoms with Gasteiger partial charge in [-0.05, 0) is 74.9 Å². The lowest BCUT2D eigenvalue weighted by molar-refractivity contribution is 0.102. The standard InChI is InChI=1S/C29H27N3O3S/c1-4-32-27-8-6-5-7-24(27)25-18-22(13-16-28(25)32)30-29(33)21-12-11-20(3)26(17-21)31-36(34,35)23-14-9-19(2)10-15-23/h5-18,31H,4H2,1-3H3,(H,30,33). The second-order valence-corrected chi connectivity index (χ2v) is 10.6. The average molecular weight is 498 g/mol. The van der Waals surface area contributed by atoms with Crippen molar-refractivity contribution in [3.05, 3.63) is 102 Å². The number of amides is 1. The second kappa shape index (κ2) is 9.17. The first-order valence-corrected chi connectivity index (χ1v) is 13.3. The van der Waals surface area contributed by atoms with Gasteiger partial charge in [0.05, 0.1) is 10.6 Å². The topological polar surface area (TPSA) is 80.2 Å². The summed E-state index contributed by atoms with van der Waals surface area (Å²) in [5.74, 6) is -0.315. The van der Waals surface area contributed by atoms with Crippen molar-refractivity contribution in [3.63, 3.8) is 0 Å². The number of anilines is 2. The monoisotopic (exact) mass is 497 g/mol. The molecule has 5 rings (SSSR count). The molecular formula is C29H27N3O3S. The normalized spacial score (nSPS) is 11.6. The number of hydrogen-bond acceptors (Lipinski definition) is 3. The summed E-state index contributed by atoms with van der Waals surface area (Å²) in [6.45, 7) is 6.66. The van der Waals surface area contributed by atoms with Gasteiger partial charge >= 0.3 is 0 Å². The van der Waals surface area contributed by atoms with E-state index < -0.39 is 10.0 Å². The van der Waals surface area contributed by atoms with Crippen LogP contribution in [0, 0.1) is 13.8 Å². The third kappa shape index (κ3) is 4.33. The molecule has 0 saturated heterocycles. The van der Waals surface area contributed by atoms with E-state index in [0.717, 1.165) is 39.5 Å². The second-order valence-electron chi connectivity index (χ2n) is 8.90. The molecule has 0 unspecified atom stereocenters. The van der Waals surface area contributed by atoms with Gasteiger partial charge < -0.3 is 9.88 Å². The van der Waals surface area contributed by atoms with Crippen LogP contribution >= 0.6 is 0 Å². The van der Waals surface area contributed by atoms with Gasteiger partial charge in [0.25, 0.3) is 15.9 Å². The highest BCUT2D eigenvalue weighted by atomic mass is 32.2. The molecule has 6 nitrogen and oxygen atoms in total. The van der Waals surface area contributed by atoms with Crippen LogP contribution in [0.15, 0.2) is 89.8 Å². The molecule has 0 aliphatic heterocycles. The molecule has 0 atom stereocenters. The van der Waals surface area contributed by atoms with E-state index in [0.29, 0.717) is 16.9 Å². The van der Waals surface area contributed by atoms with Crippen LogP contribution in [-0.4, -0.2) is 18.9 Å². The zero-order valence-corrected chi connectivity index (χ0v) is 21.2. The van der Waals surface area contributed by atoms with Crippen LogP contribution in [0.25, 0.3) is 21.8 Å². The number of nitrogens with one attached hydrogen (secondary N) is 2. The van der Waals surface area contributed by atoms with E-state index in [4.69, 9.17) is 0 Å². The van der Waals surface area contributed by atoms with Crippen molar-refractivity contribution in [2.75, 3.05) is 10.0 Å². The van der Waals surface area contributed by atoms with Crippen LogP contribution in [0.5, 0.6) is 0 Å². The molecule has 1 amide bonds. The van der Waals surface area contributed by atoms with Crippen molar-refractivity contribution >= 4 is 49.1 Å². The fraction of sp³-hybridized carbons (Fsp3) is 0.138. The number of carbonyl (C=O) groups excluding carboxylic acids is 1. The Labute approximate surface area is 210 Å². The van der Waals surface area contributed by atoms with E-state index in [9.17, 15) is 13.2 Å². The maximum absolute atomic E-state index is 13.1. The Morgan fingerprint density at radius 3 is 2.31 bits per heavy atom. The molecule has 0 aliphatic carbocycles. The van der Waals surface area contributed by atoms with Gasteiger partial charge in [0.1, 0.15) is 0 Å². The number of rotatable bonds is 6.